The van der Waals surface area contributed by atoms with Gasteiger partial charge in [-0.1, -0.05) is 18.0 Å². The van der Waals surface area contributed by atoms with Crippen molar-refractivity contribution in [3.63, 3.8) is 0 Å². The van der Waals surface area contributed by atoms with Gasteiger partial charge in [-0.3, -0.25) is 4.79 Å². The first-order valence-electron chi connectivity index (χ1n) is 6.93. The summed E-state index contributed by atoms with van der Waals surface area (Å²) < 4.78 is 5.06. The zero-order chi connectivity index (χ0) is 13.7. The number of rotatable bonds is 6. The van der Waals surface area contributed by atoms with Gasteiger partial charge in [0.15, 0.2) is 5.82 Å². The van der Waals surface area contributed by atoms with Crippen LogP contribution in [-0.2, 0) is 10.3 Å². The van der Waals surface area contributed by atoms with Crippen LogP contribution < -0.4 is 10.6 Å². The zero-order valence-corrected chi connectivity index (χ0v) is 12.9. The van der Waals surface area contributed by atoms with E-state index in [1.165, 1.54) is 0 Å². The van der Waals surface area contributed by atoms with E-state index in [4.69, 9.17) is 4.52 Å². The Kier molecular flexibility index (Phi) is 6.42. The van der Waals surface area contributed by atoms with Crippen LogP contribution in [0.5, 0.6) is 0 Å². The van der Waals surface area contributed by atoms with Crippen LogP contribution in [0.3, 0.4) is 0 Å². The van der Waals surface area contributed by atoms with Gasteiger partial charge >= 0.3 is 0 Å². The third kappa shape index (κ3) is 3.93. The van der Waals surface area contributed by atoms with E-state index in [0.717, 1.165) is 38.6 Å². The average molecular weight is 303 g/mol. The first-order chi connectivity index (χ1) is 9.16. The van der Waals surface area contributed by atoms with Gasteiger partial charge in [-0.15, -0.1) is 12.4 Å². The number of nitrogens with one attached hydrogen (secondary N) is 2. The van der Waals surface area contributed by atoms with E-state index in [2.05, 4.69) is 20.8 Å². The van der Waals surface area contributed by atoms with Crippen LogP contribution in [0.15, 0.2) is 4.52 Å². The molecule has 1 heterocycles. The van der Waals surface area contributed by atoms with Crippen molar-refractivity contribution in [2.75, 3.05) is 13.6 Å². The summed E-state index contributed by atoms with van der Waals surface area (Å²) in [5, 5.41) is 10.2. The summed E-state index contributed by atoms with van der Waals surface area (Å²) >= 11 is 0. The highest BCUT2D eigenvalue weighted by atomic mass is 35.5. The van der Waals surface area contributed by atoms with Crippen LogP contribution >= 0.6 is 12.4 Å². The summed E-state index contributed by atoms with van der Waals surface area (Å²) in [6, 6.07) is 0. The van der Waals surface area contributed by atoms with Crippen LogP contribution in [0, 0.1) is 6.92 Å². The fraction of sp³-hybridized carbons (Fsp3) is 0.769. The third-order valence-electron chi connectivity index (χ3n) is 3.62. The molecule has 1 aliphatic rings. The van der Waals surface area contributed by atoms with E-state index in [1.807, 2.05) is 7.05 Å². The van der Waals surface area contributed by atoms with E-state index in [-0.39, 0.29) is 18.3 Å². The summed E-state index contributed by atoms with van der Waals surface area (Å²) in [7, 11) is 1.89. The topological polar surface area (TPSA) is 80.0 Å². The van der Waals surface area contributed by atoms with Gasteiger partial charge in [-0.05, 0) is 32.9 Å². The summed E-state index contributed by atoms with van der Waals surface area (Å²) in [6.07, 6.45) is 5.32. The summed E-state index contributed by atoms with van der Waals surface area (Å²) in [4.78, 5) is 16.3. The lowest BCUT2D eigenvalue weighted by Gasteiger charge is -2.26. The molecule has 2 N–H and O–H groups in total. The van der Waals surface area contributed by atoms with Gasteiger partial charge in [0.25, 0.3) is 0 Å². The minimum Gasteiger partial charge on any atom is -0.343 e. The zero-order valence-electron chi connectivity index (χ0n) is 12.1. The van der Waals surface area contributed by atoms with Crippen LogP contribution in [-0.4, -0.2) is 29.6 Å². The van der Waals surface area contributed by atoms with Crippen LogP contribution in [0.25, 0.3) is 0 Å². The van der Waals surface area contributed by atoms with E-state index in [0.29, 0.717) is 18.1 Å². The average Bonchev–Trinajstić information content (AvgIpc) is 2.99. The van der Waals surface area contributed by atoms with Crippen molar-refractivity contribution in [3.8, 4) is 0 Å². The normalized spacial score (nSPS) is 16.7. The van der Waals surface area contributed by atoms with Crippen LogP contribution in [0.1, 0.15) is 50.2 Å². The van der Waals surface area contributed by atoms with Crippen molar-refractivity contribution in [1.82, 2.24) is 20.8 Å². The molecule has 1 aliphatic carbocycles. The van der Waals surface area contributed by atoms with E-state index < -0.39 is 5.54 Å². The molecule has 0 aromatic carbocycles. The maximum absolute atomic E-state index is 12.0. The van der Waals surface area contributed by atoms with Crippen molar-refractivity contribution in [2.45, 2.75) is 51.0 Å². The van der Waals surface area contributed by atoms with Gasteiger partial charge in [0.2, 0.25) is 11.8 Å². The lowest BCUT2D eigenvalue weighted by molar-refractivity contribution is -0.123. The fourth-order valence-corrected chi connectivity index (χ4v) is 2.63. The number of halogens is 1. The molecule has 7 heteroatoms. The summed E-state index contributed by atoms with van der Waals surface area (Å²) in [5.74, 6) is 1.25. The van der Waals surface area contributed by atoms with E-state index in [1.54, 1.807) is 6.92 Å². The predicted molar refractivity (Wildman–Crippen MR) is 77.7 cm³/mol. The van der Waals surface area contributed by atoms with Crippen molar-refractivity contribution in [3.05, 3.63) is 11.7 Å². The molecule has 0 unspecified atom stereocenters. The molecule has 2 rings (SSSR count). The van der Waals surface area contributed by atoms with Crippen molar-refractivity contribution in [1.29, 1.82) is 0 Å². The quantitative estimate of drug-likeness (QED) is 0.782. The fourth-order valence-electron chi connectivity index (χ4n) is 2.63. The Morgan fingerprint density at radius 2 is 2.10 bits per heavy atom. The van der Waals surface area contributed by atoms with Gasteiger partial charge in [0.1, 0.15) is 5.54 Å². The number of amides is 1. The maximum Gasteiger partial charge on any atom is 0.223 e. The third-order valence-corrected chi connectivity index (χ3v) is 3.62. The Bertz CT molecular complexity index is 430. The molecule has 1 amide bonds. The molecule has 1 fully saturated rings. The SMILES string of the molecule is CNCCCC(=O)NC1(c2noc(C)n2)CCCC1.Cl. The smallest absolute Gasteiger partial charge is 0.223 e. The predicted octanol–water partition coefficient (Wildman–Crippen LogP) is 1.68. The molecular formula is C13H23ClN4O2. The Morgan fingerprint density at radius 3 is 2.65 bits per heavy atom. The molecule has 0 radical (unpaired) electrons. The number of aryl methyl sites for hydroxylation is 1. The second-order valence-electron chi connectivity index (χ2n) is 5.18. The van der Waals surface area contributed by atoms with E-state index in [9.17, 15) is 4.79 Å². The highest BCUT2D eigenvalue weighted by molar-refractivity contribution is 5.85. The van der Waals surface area contributed by atoms with Crippen LogP contribution in [0.2, 0.25) is 0 Å². The second kappa shape index (κ2) is 7.59. The molecular weight excluding hydrogens is 280 g/mol. The van der Waals surface area contributed by atoms with E-state index >= 15 is 0 Å². The molecule has 1 aromatic rings. The lowest BCUT2D eigenvalue weighted by Crippen LogP contribution is -2.44. The molecule has 0 aliphatic heterocycles. The molecule has 0 bridgehead atoms. The molecule has 114 valence electrons. The Balaban J connectivity index is 0.00000200. The highest BCUT2D eigenvalue weighted by Crippen LogP contribution is 2.37. The Labute approximate surface area is 125 Å². The summed E-state index contributed by atoms with van der Waals surface area (Å²) in [5.41, 5.74) is -0.408. The van der Waals surface area contributed by atoms with Crippen molar-refractivity contribution < 1.29 is 9.32 Å². The molecule has 0 saturated heterocycles. The van der Waals surface area contributed by atoms with Gasteiger partial charge in [-0.25, -0.2) is 0 Å². The molecule has 20 heavy (non-hydrogen) atoms. The molecule has 6 nitrogen and oxygen atoms in total. The number of nitrogens with zero attached hydrogens (tertiary/aromatic N) is 2. The van der Waals surface area contributed by atoms with Gasteiger partial charge in [0.05, 0.1) is 0 Å². The number of hydrogen-bond acceptors (Lipinski definition) is 5. The molecule has 0 atom stereocenters. The standard InChI is InChI=1S/C13H22N4O2.ClH/c1-10-15-12(17-19-10)13(7-3-4-8-13)16-11(18)6-5-9-14-2;/h14H,3-9H2,1-2H3,(H,16,18);1H. The van der Waals surface area contributed by atoms with Gasteiger partial charge in [-0.2, -0.15) is 4.98 Å². The van der Waals surface area contributed by atoms with Gasteiger partial charge < -0.3 is 15.2 Å². The minimum absolute atomic E-state index is 0. The van der Waals surface area contributed by atoms with Crippen molar-refractivity contribution >= 4 is 18.3 Å². The summed E-state index contributed by atoms with van der Waals surface area (Å²) in [6.45, 7) is 2.62. The number of carbonyl (C=O) groups excluding carboxylic acids is 1. The first kappa shape index (κ1) is 16.9. The Hall–Kier alpha value is -1.14. The highest BCUT2D eigenvalue weighted by Gasteiger charge is 2.40. The number of aromatic nitrogens is 2. The first-order valence-corrected chi connectivity index (χ1v) is 6.93. The molecule has 1 aromatic heterocycles. The molecule has 1 saturated carbocycles. The number of carbonyl (C=O) groups is 1. The monoisotopic (exact) mass is 302 g/mol. The minimum atomic E-state index is -0.408. The second-order valence-corrected chi connectivity index (χ2v) is 5.18. The maximum atomic E-state index is 12.0. The van der Waals surface area contributed by atoms with Crippen LogP contribution in [0.4, 0.5) is 0 Å². The van der Waals surface area contributed by atoms with Gasteiger partial charge in [0, 0.05) is 13.3 Å². The Morgan fingerprint density at radius 1 is 1.40 bits per heavy atom. The number of hydrogen-bond donors (Lipinski definition) is 2. The molecule has 0 spiro atoms. The van der Waals surface area contributed by atoms with Crippen molar-refractivity contribution in [2.24, 2.45) is 0 Å². The largest absolute Gasteiger partial charge is 0.343 e. The lowest BCUT2D eigenvalue weighted by atomic mass is 9.96.